The van der Waals surface area contributed by atoms with Crippen molar-refractivity contribution in [2.45, 2.75) is 30.4 Å². The molecule has 3 unspecified atom stereocenters. The zero-order valence-corrected chi connectivity index (χ0v) is 12.3. The van der Waals surface area contributed by atoms with E-state index >= 15 is 0 Å². The highest BCUT2D eigenvalue weighted by Crippen LogP contribution is 2.38. The highest BCUT2D eigenvalue weighted by atomic mass is 32.2. The maximum absolute atomic E-state index is 13.7. The molecule has 0 bridgehead atoms. The first-order chi connectivity index (χ1) is 8.63. The number of hydrazine groups is 1. The van der Waals surface area contributed by atoms with Crippen molar-refractivity contribution in [1.29, 1.82) is 0 Å². The summed E-state index contributed by atoms with van der Waals surface area (Å²) in [6.45, 7) is 3.99. The Hall–Kier alpha value is -0.230. The predicted molar refractivity (Wildman–Crippen MR) is 79.4 cm³/mol. The van der Waals surface area contributed by atoms with Crippen molar-refractivity contribution >= 4 is 23.5 Å². The molecule has 18 heavy (non-hydrogen) atoms. The van der Waals surface area contributed by atoms with E-state index in [0.29, 0.717) is 16.1 Å². The molecule has 3 N–H and O–H groups in total. The average molecular weight is 286 g/mol. The van der Waals surface area contributed by atoms with Crippen LogP contribution in [0.1, 0.15) is 24.1 Å². The molecule has 0 aromatic heterocycles. The van der Waals surface area contributed by atoms with E-state index in [4.69, 9.17) is 5.84 Å². The van der Waals surface area contributed by atoms with Crippen molar-refractivity contribution in [3.05, 3.63) is 35.1 Å². The van der Waals surface area contributed by atoms with Crippen LogP contribution in [0.3, 0.4) is 0 Å². The van der Waals surface area contributed by atoms with Gasteiger partial charge in [-0.2, -0.15) is 23.5 Å². The van der Waals surface area contributed by atoms with Crippen LogP contribution < -0.4 is 11.3 Å². The molecule has 1 aromatic rings. The molecule has 0 radical (unpaired) electrons. The first-order valence-corrected chi connectivity index (χ1v) is 8.18. The van der Waals surface area contributed by atoms with Crippen LogP contribution in [0, 0.1) is 12.7 Å². The van der Waals surface area contributed by atoms with Gasteiger partial charge in [0.15, 0.2) is 0 Å². The van der Waals surface area contributed by atoms with Crippen LogP contribution in [-0.4, -0.2) is 22.0 Å². The van der Waals surface area contributed by atoms with Crippen LogP contribution >= 0.6 is 23.5 Å². The van der Waals surface area contributed by atoms with Crippen LogP contribution in [0.15, 0.2) is 18.2 Å². The second kappa shape index (κ2) is 6.28. The average Bonchev–Trinajstić information content (AvgIpc) is 2.37. The van der Waals surface area contributed by atoms with Gasteiger partial charge >= 0.3 is 0 Å². The summed E-state index contributed by atoms with van der Waals surface area (Å²) in [4.78, 5) is 0. The molecule has 1 aliphatic rings. The standard InChI is InChI=1S/C13H19FN2S2/c1-8-3-4-10(7-11(8)14)12(16-15)13-9(2)17-5-6-18-13/h3-4,7,9,12-13,16H,5-6,15H2,1-2H3. The summed E-state index contributed by atoms with van der Waals surface area (Å²) in [6, 6.07) is 5.40. The summed E-state index contributed by atoms with van der Waals surface area (Å²) in [5.74, 6) is 7.85. The predicted octanol–water partition coefficient (Wildman–Crippen LogP) is 2.88. The van der Waals surface area contributed by atoms with Gasteiger partial charge in [0.2, 0.25) is 0 Å². The third kappa shape index (κ3) is 3.02. The van der Waals surface area contributed by atoms with Crippen molar-refractivity contribution < 1.29 is 4.39 Å². The first kappa shape index (κ1) is 14.2. The van der Waals surface area contributed by atoms with Gasteiger partial charge in [-0.25, -0.2) is 4.39 Å². The molecule has 100 valence electrons. The van der Waals surface area contributed by atoms with Gasteiger partial charge in [0.25, 0.3) is 0 Å². The van der Waals surface area contributed by atoms with Crippen molar-refractivity contribution in [3.8, 4) is 0 Å². The van der Waals surface area contributed by atoms with Gasteiger partial charge in [-0.05, 0) is 24.1 Å². The fourth-order valence-corrected chi connectivity index (χ4v) is 5.13. The van der Waals surface area contributed by atoms with E-state index in [0.717, 1.165) is 11.3 Å². The van der Waals surface area contributed by atoms with Crippen molar-refractivity contribution in [3.63, 3.8) is 0 Å². The third-order valence-electron chi connectivity index (χ3n) is 3.30. The molecule has 2 nitrogen and oxygen atoms in total. The first-order valence-electron chi connectivity index (χ1n) is 6.09. The Labute approximate surface area is 116 Å². The third-order valence-corrected chi connectivity index (χ3v) is 6.49. The summed E-state index contributed by atoms with van der Waals surface area (Å²) < 4.78 is 13.7. The number of hydrogen-bond acceptors (Lipinski definition) is 4. The molecule has 0 amide bonds. The van der Waals surface area contributed by atoms with E-state index in [1.54, 1.807) is 13.0 Å². The highest BCUT2D eigenvalue weighted by molar-refractivity contribution is 8.07. The topological polar surface area (TPSA) is 38.0 Å². The number of thioether (sulfide) groups is 2. The van der Waals surface area contributed by atoms with E-state index in [1.807, 2.05) is 35.7 Å². The molecule has 2 rings (SSSR count). The van der Waals surface area contributed by atoms with Gasteiger partial charge in [0, 0.05) is 22.0 Å². The molecule has 5 heteroatoms. The largest absolute Gasteiger partial charge is 0.271 e. The lowest BCUT2D eigenvalue weighted by Gasteiger charge is -2.34. The number of nitrogens with one attached hydrogen (secondary N) is 1. The lowest BCUT2D eigenvalue weighted by Crippen LogP contribution is -2.41. The second-order valence-corrected chi connectivity index (χ2v) is 7.34. The fraction of sp³-hybridized carbons (Fsp3) is 0.538. The van der Waals surface area contributed by atoms with Crippen molar-refractivity contribution in [2.24, 2.45) is 5.84 Å². The van der Waals surface area contributed by atoms with E-state index in [1.165, 1.54) is 5.75 Å². The highest BCUT2D eigenvalue weighted by Gasteiger charge is 2.31. The minimum Gasteiger partial charge on any atom is -0.271 e. The molecule has 3 atom stereocenters. The Morgan fingerprint density at radius 1 is 1.39 bits per heavy atom. The summed E-state index contributed by atoms with van der Waals surface area (Å²) in [7, 11) is 0. The molecule has 1 aromatic carbocycles. The van der Waals surface area contributed by atoms with E-state index in [2.05, 4.69) is 12.3 Å². The molecule has 0 spiro atoms. The Morgan fingerprint density at radius 2 is 2.11 bits per heavy atom. The van der Waals surface area contributed by atoms with Gasteiger partial charge in [-0.15, -0.1) is 0 Å². The van der Waals surface area contributed by atoms with Gasteiger partial charge in [-0.1, -0.05) is 19.1 Å². The quantitative estimate of drug-likeness (QED) is 0.662. The molecular weight excluding hydrogens is 267 g/mol. The van der Waals surface area contributed by atoms with Crippen molar-refractivity contribution in [2.75, 3.05) is 11.5 Å². The summed E-state index contributed by atoms with van der Waals surface area (Å²) in [6.07, 6.45) is 0. The minimum absolute atomic E-state index is 0.00731. The maximum atomic E-state index is 13.7. The minimum atomic E-state index is -0.158. The number of hydrogen-bond donors (Lipinski definition) is 2. The lowest BCUT2D eigenvalue weighted by molar-refractivity contribution is 0.521. The zero-order valence-electron chi connectivity index (χ0n) is 10.7. The molecule has 0 saturated carbocycles. The van der Waals surface area contributed by atoms with Gasteiger partial charge < -0.3 is 0 Å². The Kier molecular flexibility index (Phi) is 4.95. The number of aryl methyl sites for hydroxylation is 1. The van der Waals surface area contributed by atoms with E-state index in [-0.39, 0.29) is 11.9 Å². The summed E-state index contributed by atoms with van der Waals surface area (Å²) in [5, 5.41) is 0.907. The normalized spacial score (nSPS) is 26.0. The molecule has 1 aliphatic heterocycles. The van der Waals surface area contributed by atoms with Gasteiger partial charge in [0.05, 0.1) is 6.04 Å². The van der Waals surface area contributed by atoms with Gasteiger partial charge in [0.1, 0.15) is 5.82 Å². The summed E-state index contributed by atoms with van der Waals surface area (Å²) in [5.41, 5.74) is 4.48. The van der Waals surface area contributed by atoms with Crippen LogP contribution in [0.5, 0.6) is 0 Å². The smallest absolute Gasteiger partial charge is 0.126 e. The molecule has 1 heterocycles. The number of benzene rings is 1. The van der Waals surface area contributed by atoms with Crippen LogP contribution in [-0.2, 0) is 0 Å². The molecule has 1 fully saturated rings. The maximum Gasteiger partial charge on any atom is 0.126 e. The zero-order chi connectivity index (χ0) is 13.1. The van der Waals surface area contributed by atoms with E-state index in [9.17, 15) is 4.39 Å². The molecule has 0 aliphatic carbocycles. The molecule has 1 saturated heterocycles. The van der Waals surface area contributed by atoms with Crippen LogP contribution in [0.25, 0.3) is 0 Å². The number of nitrogens with two attached hydrogens (primary N) is 1. The Bertz CT molecular complexity index is 414. The SMILES string of the molecule is Cc1ccc(C(NN)C2SCCSC2C)cc1F. The molecular formula is C13H19FN2S2. The Morgan fingerprint density at radius 3 is 2.72 bits per heavy atom. The van der Waals surface area contributed by atoms with E-state index < -0.39 is 0 Å². The lowest BCUT2D eigenvalue weighted by atomic mass is 10.0. The summed E-state index contributed by atoms with van der Waals surface area (Å²) >= 11 is 3.88. The van der Waals surface area contributed by atoms with Crippen LogP contribution in [0.4, 0.5) is 4.39 Å². The van der Waals surface area contributed by atoms with Gasteiger partial charge in [-0.3, -0.25) is 11.3 Å². The number of rotatable bonds is 3. The Balaban J connectivity index is 2.23. The monoisotopic (exact) mass is 286 g/mol. The number of halogens is 1. The fourth-order valence-electron chi connectivity index (χ4n) is 2.20. The van der Waals surface area contributed by atoms with Crippen molar-refractivity contribution in [1.82, 2.24) is 5.43 Å². The van der Waals surface area contributed by atoms with Crippen LogP contribution in [0.2, 0.25) is 0 Å². The second-order valence-electron chi connectivity index (χ2n) is 4.56.